The van der Waals surface area contributed by atoms with Crippen molar-refractivity contribution in [2.24, 2.45) is 10.4 Å². The third-order valence-corrected chi connectivity index (χ3v) is 4.49. The second kappa shape index (κ2) is 6.57. The minimum atomic E-state index is 0.266. The minimum absolute atomic E-state index is 0.266. The highest BCUT2D eigenvalue weighted by molar-refractivity contribution is 5.80. The van der Waals surface area contributed by atoms with E-state index in [1.165, 1.54) is 5.69 Å². The molecule has 2 saturated heterocycles. The predicted octanol–water partition coefficient (Wildman–Crippen LogP) is 1.42. The van der Waals surface area contributed by atoms with E-state index in [1.807, 2.05) is 7.05 Å². The van der Waals surface area contributed by atoms with Gasteiger partial charge in [0.25, 0.3) is 0 Å². The van der Waals surface area contributed by atoms with Gasteiger partial charge in [-0.05, 0) is 12.1 Å². The maximum absolute atomic E-state index is 5.31. The Morgan fingerprint density at radius 3 is 2.41 bits per heavy atom. The summed E-state index contributed by atoms with van der Waals surface area (Å²) in [6.45, 7) is 8.94. The lowest BCUT2D eigenvalue weighted by Gasteiger charge is -2.41. The van der Waals surface area contributed by atoms with E-state index in [2.05, 4.69) is 57.4 Å². The standard InChI is InChI=1S/C17H26N4O/c1-17(13-22-14-17)12-19-16(18-2)21-10-8-20(9-11-21)15-6-4-3-5-7-15/h3-7H,8-14H2,1-2H3,(H,18,19). The van der Waals surface area contributed by atoms with Crippen LogP contribution in [0.1, 0.15) is 6.92 Å². The van der Waals surface area contributed by atoms with Crippen molar-refractivity contribution in [1.82, 2.24) is 10.2 Å². The van der Waals surface area contributed by atoms with Gasteiger partial charge >= 0.3 is 0 Å². The molecular weight excluding hydrogens is 276 g/mol. The van der Waals surface area contributed by atoms with Crippen molar-refractivity contribution in [3.63, 3.8) is 0 Å². The lowest BCUT2D eigenvalue weighted by molar-refractivity contribution is -0.0972. The Kier molecular flexibility index (Phi) is 4.52. The quantitative estimate of drug-likeness (QED) is 0.677. The number of rotatable bonds is 3. The van der Waals surface area contributed by atoms with Crippen LogP contribution in [-0.4, -0.2) is 63.8 Å². The molecule has 5 heteroatoms. The van der Waals surface area contributed by atoms with E-state index in [-0.39, 0.29) is 5.41 Å². The number of piperazine rings is 1. The van der Waals surface area contributed by atoms with E-state index < -0.39 is 0 Å². The van der Waals surface area contributed by atoms with Crippen LogP contribution in [0.3, 0.4) is 0 Å². The summed E-state index contributed by atoms with van der Waals surface area (Å²) < 4.78 is 5.31. The molecule has 22 heavy (non-hydrogen) atoms. The first kappa shape index (κ1) is 15.2. The Balaban J connectivity index is 1.51. The summed E-state index contributed by atoms with van der Waals surface area (Å²) >= 11 is 0. The molecule has 3 rings (SSSR count). The van der Waals surface area contributed by atoms with Crippen LogP contribution in [0, 0.1) is 5.41 Å². The van der Waals surface area contributed by atoms with E-state index in [0.29, 0.717) is 0 Å². The highest BCUT2D eigenvalue weighted by Gasteiger charge is 2.33. The molecule has 1 N–H and O–H groups in total. The summed E-state index contributed by atoms with van der Waals surface area (Å²) in [7, 11) is 1.87. The van der Waals surface area contributed by atoms with Gasteiger partial charge in [-0.15, -0.1) is 0 Å². The summed E-state index contributed by atoms with van der Waals surface area (Å²) in [5.74, 6) is 1.01. The molecule has 0 saturated carbocycles. The first-order valence-electron chi connectivity index (χ1n) is 8.04. The zero-order valence-corrected chi connectivity index (χ0v) is 13.6. The fourth-order valence-electron chi connectivity index (χ4n) is 2.99. The number of hydrogen-bond donors (Lipinski definition) is 1. The van der Waals surface area contributed by atoms with Crippen LogP contribution in [0.5, 0.6) is 0 Å². The summed E-state index contributed by atoms with van der Waals surface area (Å²) in [5.41, 5.74) is 1.58. The molecule has 1 aromatic carbocycles. The highest BCUT2D eigenvalue weighted by Crippen LogP contribution is 2.25. The van der Waals surface area contributed by atoms with Crippen LogP contribution < -0.4 is 10.2 Å². The molecule has 0 bridgehead atoms. The van der Waals surface area contributed by atoms with Crippen molar-refractivity contribution >= 4 is 11.6 Å². The normalized spacial score (nSPS) is 21.5. The number of nitrogens with zero attached hydrogens (tertiary/aromatic N) is 3. The molecule has 0 unspecified atom stereocenters. The maximum atomic E-state index is 5.31. The number of nitrogens with one attached hydrogen (secondary N) is 1. The maximum Gasteiger partial charge on any atom is 0.193 e. The fraction of sp³-hybridized carbons (Fsp3) is 0.588. The summed E-state index contributed by atoms with van der Waals surface area (Å²) in [6, 6.07) is 10.6. The first-order valence-corrected chi connectivity index (χ1v) is 8.04. The SMILES string of the molecule is CN=C(NCC1(C)COC1)N1CCN(c2ccccc2)CC1. The zero-order valence-electron chi connectivity index (χ0n) is 13.6. The average molecular weight is 302 g/mol. The number of ether oxygens (including phenoxy) is 1. The van der Waals surface area contributed by atoms with Crippen LogP contribution in [0.2, 0.25) is 0 Å². The number of benzene rings is 1. The van der Waals surface area contributed by atoms with Gasteiger partial charge < -0.3 is 19.9 Å². The number of anilines is 1. The van der Waals surface area contributed by atoms with Crippen LogP contribution in [0.4, 0.5) is 5.69 Å². The van der Waals surface area contributed by atoms with Gasteiger partial charge in [-0.2, -0.15) is 0 Å². The molecule has 0 aromatic heterocycles. The van der Waals surface area contributed by atoms with E-state index in [1.54, 1.807) is 0 Å². The van der Waals surface area contributed by atoms with Gasteiger partial charge in [-0.1, -0.05) is 25.1 Å². The van der Waals surface area contributed by atoms with Crippen LogP contribution in [0.15, 0.2) is 35.3 Å². The average Bonchev–Trinajstić information content (AvgIpc) is 2.55. The molecule has 2 fully saturated rings. The number of guanidine groups is 1. The smallest absolute Gasteiger partial charge is 0.193 e. The Labute approximate surface area is 133 Å². The molecular formula is C17H26N4O. The molecule has 2 aliphatic heterocycles. The topological polar surface area (TPSA) is 40.1 Å². The molecule has 0 radical (unpaired) electrons. The van der Waals surface area contributed by atoms with Gasteiger partial charge in [-0.3, -0.25) is 4.99 Å². The Bertz CT molecular complexity index is 505. The Hall–Kier alpha value is -1.75. The third kappa shape index (κ3) is 3.35. The van der Waals surface area contributed by atoms with Gasteiger partial charge in [0, 0.05) is 50.9 Å². The lowest BCUT2D eigenvalue weighted by atomic mass is 9.89. The highest BCUT2D eigenvalue weighted by atomic mass is 16.5. The number of aliphatic imine (C=N–C) groups is 1. The van der Waals surface area contributed by atoms with E-state index in [9.17, 15) is 0 Å². The van der Waals surface area contributed by atoms with Gasteiger partial charge in [0.15, 0.2) is 5.96 Å². The largest absolute Gasteiger partial charge is 0.380 e. The van der Waals surface area contributed by atoms with Crippen LogP contribution in [0.25, 0.3) is 0 Å². The molecule has 0 spiro atoms. The molecule has 2 aliphatic rings. The zero-order chi connectivity index (χ0) is 15.4. The number of para-hydroxylation sites is 1. The van der Waals surface area contributed by atoms with Gasteiger partial charge in [0.1, 0.15) is 0 Å². The molecule has 2 heterocycles. The van der Waals surface area contributed by atoms with Crippen molar-refractivity contribution in [2.75, 3.05) is 57.9 Å². The van der Waals surface area contributed by atoms with Crippen molar-refractivity contribution in [3.8, 4) is 0 Å². The van der Waals surface area contributed by atoms with Crippen LogP contribution in [-0.2, 0) is 4.74 Å². The molecule has 120 valence electrons. The molecule has 0 atom stereocenters. The summed E-state index contributed by atoms with van der Waals surface area (Å²) in [6.07, 6.45) is 0. The monoisotopic (exact) mass is 302 g/mol. The van der Waals surface area contributed by atoms with E-state index >= 15 is 0 Å². The lowest BCUT2D eigenvalue weighted by Crippen LogP contribution is -2.56. The van der Waals surface area contributed by atoms with Crippen molar-refractivity contribution in [1.29, 1.82) is 0 Å². The molecule has 5 nitrogen and oxygen atoms in total. The minimum Gasteiger partial charge on any atom is -0.380 e. The molecule has 0 aliphatic carbocycles. The number of hydrogen-bond acceptors (Lipinski definition) is 3. The van der Waals surface area contributed by atoms with Crippen molar-refractivity contribution in [3.05, 3.63) is 30.3 Å². The first-order chi connectivity index (χ1) is 10.7. The second-order valence-electron chi connectivity index (χ2n) is 6.51. The predicted molar refractivity (Wildman–Crippen MR) is 90.5 cm³/mol. The van der Waals surface area contributed by atoms with Gasteiger partial charge in [0.05, 0.1) is 13.2 Å². The molecule has 0 amide bonds. The fourth-order valence-corrected chi connectivity index (χ4v) is 2.99. The van der Waals surface area contributed by atoms with E-state index in [0.717, 1.165) is 51.9 Å². The summed E-state index contributed by atoms with van der Waals surface area (Å²) in [5, 5.41) is 3.51. The second-order valence-corrected chi connectivity index (χ2v) is 6.51. The van der Waals surface area contributed by atoms with Gasteiger partial charge in [-0.25, -0.2) is 0 Å². The van der Waals surface area contributed by atoms with E-state index in [4.69, 9.17) is 4.74 Å². The van der Waals surface area contributed by atoms with Gasteiger partial charge in [0.2, 0.25) is 0 Å². The van der Waals surface area contributed by atoms with Crippen molar-refractivity contribution < 1.29 is 4.74 Å². The Morgan fingerprint density at radius 2 is 1.86 bits per heavy atom. The summed E-state index contributed by atoms with van der Waals surface area (Å²) in [4.78, 5) is 9.23. The Morgan fingerprint density at radius 1 is 1.18 bits per heavy atom. The molecule has 1 aromatic rings. The third-order valence-electron chi connectivity index (χ3n) is 4.49. The van der Waals surface area contributed by atoms with Crippen LogP contribution >= 0.6 is 0 Å². The van der Waals surface area contributed by atoms with Crippen molar-refractivity contribution in [2.45, 2.75) is 6.92 Å².